The molecule has 0 bridgehead atoms. The summed E-state index contributed by atoms with van der Waals surface area (Å²) in [5.74, 6) is 1.22. The lowest BCUT2D eigenvalue weighted by molar-refractivity contribution is 0.414. The SMILES string of the molecule is COc1cccc(CN=C(N)Nc2ccccc2)c1.I. The number of anilines is 1. The van der Waals surface area contributed by atoms with Crippen LogP contribution < -0.4 is 15.8 Å². The maximum atomic E-state index is 5.83. The van der Waals surface area contributed by atoms with Gasteiger partial charge in [-0.25, -0.2) is 4.99 Å². The number of ether oxygens (including phenoxy) is 1. The summed E-state index contributed by atoms with van der Waals surface area (Å²) in [5, 5.41) is 3.04. The summed E-state index contributed by atoms with van der Waals surface area (Å²) in [4.78, 5) is 4.29. The van der Waals surface area contributed by atoms with E-state index in [0.29, 0.717) is 12.5 Å². The smallest absolute Gasteiger partial charge is 0.193 e. The van der Waals surface area contributed by atoms with Crippen LogP contribution in [0.1, 0.15) is 5.56 Å². The minimum atomic E-state index is 0. The van der Waals surface area contributed by atoms with Crippen molar-refractivity contribution in [3.8, 4) is 5.75 Å². The molecular formula is C15H18IN3O. The van der Waals surface area contributed by atoms with Gasteiger partial charge in [-0.2, -0.15) is 0 Å². The Labute approximate surface area is 136 Å². The molecule has 0 radical (unpaired) electrons. The summed E-state index contributed by atoms with van der Waals surface area (Å²) in [7, 11) is 1.65. The van der Waals surface area contributed by atoms with Gasteiger partial charge in [0, 0.05) is 5.69 Å². The fourth-order valence-electron chi connectivity index (χ4n) is 1.66. The Kier molecular flexibility index (Phi) is 6.86. The van der Waals surface area contributed by atoms with Crippen molar-refractivity contribution in [2.24, 2.45) is 10.7 Å². The van der Waals surface area contributed by atoms with Gasteiger partial charge in [0.1, 0.15) is 5.75 Å². The third kappa shape index (κ3) is 5.08. The van der Waals surface area contributed by atoms with Crippen LogP contribution in [0.4, 0.5) is 5.69 Å². The Balaban J connectivity index is 0.00000200. The third-order valence-corrected chi connectivity index (χ3v) is 2.61. The van der Waals surface area contributed by atoms with Crippen molar-refractivity contribution < 1.29 is 4.74 Å². The van der Waals surface area contributed by atoms with Crippen molar-refractivity contribution in [1.29, 1.82) is 0 Å². The van der Waals surface area contributed by atoms with Crippen molar-refractivity contribution >= 4 is 35.6 Å². The van der Waals surface area contributed by atoms with Gasteiger partial charge < -0.3 is 15.8 Å². The van der Waals surface area contributed by atoms with E-state index < -0.39 is 0 Å². The third-order valence-electron chi connectivity index (χ3n) is 2.61. The number of hydrogen-bond acceptors (Lipinski definition) is 2. The molecule has 0 unspecified atom stereocenters. The number of nitrogens with zero attached hydrogens (tertiary/aromatic N) is 1. The monoisotopic (exact) mass is 383 g/mol. The van der Waals surface area contributed by atoms with E-state index in [1.165, 1.54) is 0 Å². The van der Waals surface area contributed by atoms with E-state index in [2.05, 4.69) is 10.3 Å². The standard InChI is InChI=1S/C15H17N3O.HI/c1-19-14-9-5-6-12(10-14)11-17-15(16)18-13-7-3-2-4-8-13;/h2-10H,11H2,1H3,(H3,16,17,18);1H. The quantitative estimate of drug-likeness (QED) is 0.484. The first-order chi connectivity index (χ1) is 9.28. The van der Waals surface area contributed by atoms with Crippen molar-refractivity contribution in [3.63, 3.8) is 0 Å². The number of nitrogens with two attached hydrogens (primary N) is 1. The molecule has 0 saturated heterocycles. The first-order valence-corrected chi connectivity index (χ1v) is 6.03. The van der Waals surface area contributed by atoms with Crippen LogP contribution >= 0.6 is 24.0 Å². The van der Waals surface area contributed by atoms with Crippen LogP contribution in [0.15, 0.2) is 59.6 Å². The molecule has 0 saturated carbocycles. The minimum Gasteiger partial charge on any atom is -0.497 e. The Morgan fingerprint density at radius 2 is 1.90 bits per heavy atom. The zero-order valence-electron chi connectivity index (χ0n) is 11.2. The number of para-hydroxylation sites is 1. The van der Waals surface area contributed by atoms with Crippen molar-refractivity contribution in [1.82, 2.24) is 0 Å². The van der Waals surface area contributed by atoms with E-state index in [1.54, 1.807) is 7.11 Å². The lowest BCUT2D eigenvalue weighted by Gasteiger charge is -2.06. The molecule has 0 spiro atoms. The highest BCUT2D eigenvalue weighted by atomic mass is 127. The molecule has 5 heteroatoms. The van der Waals surface area contributed by atoms with Gasteiger partial charge >= 0.3 is 0 Å². The highest BCUT2D eigenvalue weighted by Gasteiger charge is 1.96. The molecule has 0 aromatic heterocycles. The van der Waals surface area contributed by atoms with E-state index in [9.17, 15) is 0 Å². The van der Waals surface area contributed by atoms with Gasteiger partial charge in [-0.1, -0.05) is 30.3 Å². The number of aliphatic imine (C=N–C) groups is 1. The number of nitrogens with one attached hydrogen (secondary N) is 1. The highest BCUT2D eigenvalue weighted by molar-refractivity contribution is 14.0. The lowest BCUT2D eigenvalue weighted by atomic mass is 10.2. The number of guanidine groups is 1. The van der Waals surface area contributed by atoms with Gasteiger partial charge in [0.15, 0.2) is 5.96 Å². The molecule has 2 aromatic rings. The Morgan fingerprint density at radius 1 is 1.15 bits per heavy atom. The molecule has 106 valence electrons. The van der Waals surface area contributed by atoms with Gasteiger partial charge in [-0.05, 0) is 29.8 Å². The average molecular weight is 383 g/mol. The van der Waals surface area contributed by atoms with Crippen LogP contribution in [0.2, 0.25) is 0 Å². The summed E-state index contributed by atoms with van der Waals surface area (Å²) in [6.45, 7) is 0.517. The molecule has 0 heterocycles. The summed E-state index contributed by atoms with van der Waals surface area (Å²) in [6.07, 6.45) is 0. The summed E-state index contributed by atoms with van der Waals surface area (Å²) >= 11 is 0. The topological polar surface area (TPSA) is 59.6 Å². The lowest BCUT2D eigenvalue weighted by Crippen LogP contribution is -2.22. The molecule has 0 atom stereocenters. The Bertz CT molecular complexity index is 558. The molecule has 0 amide bonds. The molecule has 3 N–H and O–H groups in total. The summed E-state index contributed by atoms with van der Waals surface area (Å²) in [6, 6.07) is 17.5. The average Bonchev–Trinajstić information content (AvgIpc) is 2.46. The number of rotatable bonds is 4. The molecule has 0 aliphatic carbocycles. The first kappa shape index (κ1) is 16.3. The second-order valence-electron chi connectivity index (χ2n) is 4.04. The van der Waals surface area contributed by atoms with E-state index in [4.69, 9.17) is 10.5 Å². The second kappa shape index (κ2) is 8.42. The fraction of sp³-hybridized carbons (Fsp3) is 0.133. The number of benzene rings is 2. The van der Waals surface area contributed by atoms with Gasteiger partial charge in [0.05, 0.1) is 13.7 Å². The van der Waals surface area contributed by atoms with Crippen molar-refractivity contribution in [3.05, 3.63) is 60.2 Å². The van der Waals surface area contributed by atoms with E-state index in [0.717, 1.165) is 17.0 Å². The van der Waals surface area contributed by atoms with E-state index in [1.807, 2.05) is 54.6 Å². The van der Waals surface area contributed by atoms with Gasteiger partial charge in [-0.15, -0.1) is 24.0 Å². The summed E-state index contributed by atoms with van der Waals surface area (Å²) in [5.41, 5.74) is 7.81. The second-order valence-corrected chi connectivity index (χ2v) is 4.04. The maximum Gasteiger partial charge on any atom is 0.193 e. The molecule has 0 aliphatic rings. The first-order valence-electron chi connectivity index (χ1n) is 6.03. The van der Waals surface area contributed by atoms with Crippen LogP contribution in [-0.2, 0) is 6.54 Å². The predicted molar refractivity (Wildman–Crippen MR) is 93.8 cm³/mol. The minimum absolute atomic E-state index is 0. The normalized spacial score (nSPS) is 10.6. The Hall–Kier alpha value is -1.76. The van der Waals surface area contributed by atoms with Crippen LogP contribution in [0.25, 0.3) is 0 Å². The summed E-state index contributed by atoms with van der Waals surface area (Å²) < 4.78 is 5.16. The molecule has 4 nitrogen and oxygen atoms in total. The molecule has 0 fully saturated rings. The van der Waals surface area contributed by atoms with E-state index in [-0.39, 0.29) is 24.0 Å². The van der Waals surface area contributed by atoms with Gasteiger partial charge in [-0.3, -0.25) is 0 Å². The van der Waals surface area contributed by atoms with Crippen LogP contribution in [-0.4, -0.2) is 13.1 Å². The van der Waals surface area contributed by atoms with Crippen LogP contribution in [0.3, 0.4) is 0 Å². The van der Waals surface area contributed by atoms with E-state index >= 15 is 0 Å². The molecule has 2 rings (SSSR count). The molecule has 20 heavy (non-hydrogen) atoms. The van der Waals surface area contributed by atoms with Crippen LogP contribution in [0, 0.1) is 0 Å². The molecular weight excluding hydrogens is 365 g/mol. The van der Waals surface area contributed by atoms with Crippen molar-refractivity contribution in [2.45, 2.75) is 6.54 Å². The molecule has 2 aromatic carbocycles. The zero-order chi connectivity index (χ0) is 13.5. The highest BCUT2D eigenvalue weighted by Crippen LogP contribution is 2.13. The number of methoxy groups -OCH3 is 1. The number of halogens is 1. The maximum absolute atomic E-state index is 5.83. The molecule has 0 aliphatic heterocycles. The van der Waals surface area contributed by atoms with Crippen molar-refractivity contribution in [2.75, 3.05) is 12.4 Å². The fourth-order valence-corrected chi connectivity index (χ4v) is 1.66. The van der Waals surface area contributed by atoms with Gasteiger partial charge in [0.25, 0.3) is 0 Å². The number of hydrogen-bond donors (Lipinski definition) is 2. The largest absolute Gasteiger partial charge is 0.497 e. The zero-order valence-corrected chi connectivity index (χ0v) is 13.6. The van der Waals surface area contributed by atoms with Crippen LogP contribution in [0.5, 0.6) is 5.75 Å². The Morgan fingerprint density at radius 3 is 2.60 bits per heavy atom. The van der Waals surface area contributed by atoms with Gasteiger partial charge in [0.2, 0.25) is 0 Å². The predicted octanol–water partition coefficient (Wildman–Crippen LogP) is 3.24.